The molecule has 0 heterocycles. The van der Waals surface area contributed by atoms with Crippen LogP contribution in [0.1, 0.15) is 11.1 Å². The molecule has 0 saturated carbocycles. The Morgan fingerprint density at radius 1 is 0.577 bits per heavy atom. The van der Waals surface area contributed by atoms with Crippen LogP contribution < -0.4 is 0 Å². The zero-order valence-corrected chi connectivity index (χ0v) is 14.5. The smallest absolute Gasteiger partial charge is 0.111 e. The number of aliphatic hydroxyl groups is 4. The largest absolute Gasteiger partial charge is 0.388 e. The summed E-state index contributed by atoms with van der Waals surface area (Å²) in [6.45, 7) is 0.238. The topological polar surface area (TPSA) is 99.4 Å². The van der Waals surface area contributed by atoms with Crippen LogP contribution in [0.25, 0.3) is 0 Å². The summed E-state index contributed by atoms with van der Waals surface area (Å²) >= 11 is 0. The first kappa shape index (κ1) is 20.5. The average Bonchev–Trinajstić information content (AvgIpc) is 2.68. The molecule has 0 aliphatic heterocycles. The van der Waals surface area contributed by atoms with Crippen molar-refractivity contribution in [3.8, 4) is 0 Å². The lowest BCUT2D eigenvalue weighted by Crippen LogP contribution is -2.47. The molecule has 26 heavy (non-hydrogen) atoms. The zero-order chi connectivity index (χ0) is 18.8. The Kier molecular flexibility index (Phi) is 8.70. The summed E-state index contributed by atoms with van der Waals surface area (Å²) in [6.07, 6.45) is -5.72. The van der Waals surface area contributed by atoms with E-state index in [1.807, 2.05) is 60.7 Å². The third-order valence-corrected chi connectivity index (χ3v) is 3.94. The van der Waals surface area contributed by atoms with Crippen molar-refractivity contribution in [2.24, 2.45) is 0 Å². The first-order valence-electron chi connectivity index (χ1n) is 8.53. The summed E-state index contributed by atoms with van der Waals surface area (Å²) in [4.78, 5) is 0. The van der Waals surface area contributed by atoms with Gasteiger partial charge in [-0.1, -0.05) is 60.7 Å². The van der Waals surface area contributed by atoms with Gasteiger partial charge in [-0.05, 0) is 11.1 Å². The average molecular weight is 362 g/mol. The summed E-state index contributed by atoms with van der Waals surface area (Å²) in [5.74, 6) is 0. The number of hydrogen-bond acceptors (Lipinski definition) is 6. The Labute approximate surface area is 153 Å². The van der Waals surface area contributed by atoms with E-state index in [4.69, 9.17) is 9.47 Å². The van der Waals surface area contributed by atoms with E-state index in [-0.39, 0.29) is 26.4 Å². The molecule has 142 valence electrons. The second kappa shape index (κ2) is 11.0. The number of aliphatic hydroxyl groups excluding tert-OH is 4. The first-order chi connectivity index (χ1) is 12.6. The molecule has 0 fully saturated rings. The van der Waals surface area contributed by atoms with Crippen molar-refractivity contribution in [2.75, 3.05) is 13.2 Å². The van der Waals surface area contributed by atoms with E-state index in [2.05, 4.69) is 0 Å². The molecule has 0 aliphatic carbocycles. The van der Waals surface area contributed by atoms with Crippen molar-refractivity contribution in [1.82, 2.24) is 0 Å². The highest BCUT2D eigenvalue weighted by Gasteiger charge is 2.30. The van der Waals surface area contributed by atoms with Crippen LogP contribution in [0.4, 0.5) is 0 Å². The van der Waals surface area contributed by atoms with Crippen LogP contribution in [0, 0.1) is 0 Å². The van der Waals surface area contributed by atoms with E-state index in [1.54, 1.807) is 0 Å². The summed E-state index contributed by atoms with van der Waals surface area (Å²) in [5.41, 5.74) is 1.87. The van der Waals surface area contributed by atoms with Crippen molar-refractivity contribution in [3.05, 3.63) is 71.8 Å². The molecule has 0 aromatic heterocycles. The molecule has 0 spiro atoms. The van der Waals surface area contributed by atoms with Gasteiger partial charge >= 0.3 is 0 Å². The molecule has 2 aromatic carbocycles. The number of benzene rings is 2. The fourth-order valence-electron chi connectivity index (χ4n) is 2.40. The predicted octanol–water partition coefficient (Wildman–Crippen LogP) is 0.864. The monoisotopic (exact) mass is 362 g/mol. The maximum absolute atomic E-state index is 9.97. The van der Waals surface area contributed by atoms with Crippen molar-refractivity contribution in [3.63, 3.8) is 0 Å². The van der Waals surface area contributed by atoms with Gasteiger partial charge in [0, 0.05) is 0 Å². The van der Waals surface area contributed by atoms with E-state index >= 15 is 0 Å². The summed E-state index contributed by atoms with van der Waals surface area (Å²) in [6, 6.07) is 18.8. The molecule has 0 unspecified atom stereocenters. The molecular weight excluding hydrogens is 336 g/mol. The van der Waals surface area contributed by atoms with Crippen molar-refractivity contribution in [1.29, 1.82) is 0 Å². The Balaban J connectivity index is 1.68. The molecule has 0 aliphatic rings. The van der Waals surface area contributed by atoms with Gasteiger partial charge in [-0.3, -0.25) is 0 Å². The third kappa shape index (κ3) is 6.84. The number of ether oxygens (including phenoxy) is 2. The zero-order valence-electron chi connectivity index (χ0n) is 14.5. The Morgan fingerprint density at radius 3 is 1.27 bits per heavy atom. The van der Waals surface area contributed by atoms with Gasteiger partial charge in [-0.25, -0.2) is 0 Å². The molecule has 0 bridgehead atoms. The quantitative estimate of drug-likeness (QED) is 0.473. The summed E-state index contributed by atoms with van der Waals surface area (Å²) in [7, 11) is 0. The van der Waals surface area contributed by atoms with Gasteiger partial charge in [0.2, 0.25) is 0 Å². The Bertz CT molecular complexity index is 551. The molecule has 4 N–H and O–H groups in total. The Morgan fingerprint density at radius 2 is 0.923 bits per heavy atom. The van der Waals surface area contributed by atoms with Gasteiger partial charge in [-0.15, -0.1) is 0 Å². The first-order valence-corrected chi connectivity index (χ1v) is 8.53. The van der Waals surface area contributed by atoms with Gasteiger partial charge < -0.3 is 29.9 Å². The third-order valence-electron chi connectivity index (χ3n) is 3.94. The van der Waals surface area contributed by atoms with E-state index in [0.717, 1.165) is 11.1 Å². The van der Waals surface area contributed by atoms with E-state index in [9.17, 15) is 20.4 Å². The van der Waals surface area contributed by atoms with Gasteiger partial charge in [0.05, 0.1) is 26.4 Å². The molecular formula is C20H26O6. The SMILES string of the molecule is O[C@@H]([C@H](O)[C@H](O)COCc1ccccc1)[C@H](O)COCc1ccccc1. The molecule has 4 atom stereocenters. The maximum atomic E-state index is 9.97. The molecule has 0 amide bonds. The van der Waals surface area contributed by atoms with Crippen LogP contribution in [-0.4, -0.2) is 58.1 Å². The maximum Gasteiger partial charge on any atom is 0.111 e. The van der Waals surface area contributed by atoms with Gasteiger partial charge in [0.25, 0.3) is 0 Å². The minimum atomic E-state index is -1.54. The normalized spacial score (nSPS) is 16.0. The van der Waals surface area contributed by atoms with Gasteiger partial charge in [-0.2, -0.15) is 0 Å². The van der Waals surface area contributed by atoms with Crippen LogP contribution in [-0.2, 0) is 22.7 Å². The second-order valence-corrected chi connectivity index (χ2v) is 6.12. The minimum absolute atomic E-state index is 0.162. The lowest BCUT2D eigenvalue weighted by molar-refractivity contribution is -0.136. The van der Waals surface area contributed by atoms with Crippen LogP contribution in [0.5, 0.6) is 0 Å². The lowest BCUT2D eigenvalue weighted by atomic mass is 10.0. The highest BCUT2D eigenvalue weighted by atomic mass is 16.5. The molecule has 0 saturated heterocycles. The molecule has 6 heteroatoms. The van der Waals surface area contributed by atoms with Gasteiger partial charge in [0.1, 0.15) is 24.4 Å². The van der Waals surface area contributed by atoms with Crippen molar-refractivity contribution in [2.45, 2.75) is 37.6 Å². The fourth-order valence-corrected chi connectivity index (χ4v) is 2.40. The molecule has 2 aromatic rings. The summed E-state index contributed by atoms with van der Waals surface area (Å²) in [5, 5.41) is 39.8. The van der Waals surface area contributed by atoms with E-state index < -0.39 is 24.4 Å². The Hall–Kier alpha value is -1.80. The van der Waals surface area contributed by atoms with Crippen molar-refractivity contribution >= 4 is 0 Å². The van der Waals surface area contributed by atoms with Crippen LogP contribution in [0.2, 0.25) is 0 Å². The van der Waals surface area contributed by atoms with E-state index in [0.29, 0.717) is 0 Å². The lowest BCUT2D eigenvalue weighted by Gasteiger charge is -2.26. The highest BCUT2D eigenvalue weighted by molar-refractivity contribution is 5.14. The molecule has 0 radical (unpaired) electrons. The summed E-state index contributed by atoms with van der Waals surface area (Å²) < 4.78 is 10.7. The van der Waals surface area contributed by atoms with Crippen LogP contribution in [0.15, 0.2) is 60.7 Å². The highest BCUT2D eigenvalue weighted by Crippen LogP contribution is 2.09. The van der Waals surface area contributed by atoms with Crippen molar-refractivity contribution < 1.29 is 29.9 Å². The van der Waals surface area contributed by atoms with Gasteiger partial charge in [0.15, 0.2) is 0 Å². The minimum Gasteiger partial charge on any atom is -0.388 e. The molecule has 2 rings (SSSR count). The standard InChI is InChI=1S/C20H26O6/c21-17(13-25-11-15-7-3-1-4-8-15)19(23)20(24)18(22)14-26-12-16-9-5-2-6-10-16/h1-10,17-24H,11-14H2/t17-,18-,19-,20-/m1/s1. The fraction of sp³-hybridized carbons (Fsp3) is 0.400. The van der Waals surface area contributed by atoms with Crippen LogP contribution >= 0.6 is 0 Å². The number of hydrogen-bond donors (Lipinski definition) is 4. The van der Waals surface area contributed by atoms with Crippen LogP contribution in [0.3, 0.4) is 0 Å². The number of rotatable bonds is 11. The van der Waals surface area contributed by atoms with E-state index in [1.165, 1.54) is 0 Å². The predicted molar refractivity (Wildman–Crippen MR) is 96.2 cm³/mol. The second-order valence-electron chi connectivity index (χ2n) is 6.12. The molecule has 6 nitrogen and oxygen atoms in total.